The highest BCUT2D eigenvalue weighted by molar-refractivity contribution is 5.92. The maximum atomic E-state index is 12.5. The summed E-state index contributed by atoms with van der Waals surface area (Å²) in [6, 6.07) is 13.8. The van der Waals surface area contributed by atoms with Gasteiger partial charge in [-0.3, -0.25) is 9.78 Å². The molecule has 1 amide bonds. The number of carbonyl (C=O) groups is 1. The molecular weight excluding hydrogens is 362 g/mol. The lowest BCUT2D eigenvalue weighted by Gasteiger charge is -2.20. The van der Waals surface area contributed by atoms with E-state index in [0.29, 0.717) is 13.1 Å². The average molecular weight is 394 g/mol. The van der Waals surface area contributed by atoms with E-state index in [1.807, 2.05) is 49.4 Å². The van der Waals surface area contributed by atoms with Crippen molar-refractivity contribution in [3.05, 3.63) is 59.9 Å². The number of anilines is 1. The number of carbonyl (C=O) groups excluding carboxylic acids is 1. The van der Waals surface area contributed by atoms with Crippen molar-refractivity contribution in [1.82, 2.24) is 15.6 Å². The molecule has 154 valence electrons. The molecular formula is C23H31N5O. The highest BCUT2D eigenvalue weighted by Gasteiger charge is 2.20. The van der Waals surface area contributed by atoms with E-state index in [-0.39, 0.29) is 11.8 Å². The van der Waals surface area contributed by atoms with Gasteiger partial charge >= 0.3 is 0 Å². The van der Waals surface area contributed by atoms with Gasteiger partial charge in [0.1, 0.15) is 0 Å². The standard InChI is InChI=1S/C23H31N5O/c1-2-24-23(27-17-21-12-6-7-14-25-21)26-16-18-9-8-13-20(15-18)28-22(29)19-10-4-3-5-11-19/h6-9,12-15,19H,2-5,10-11,16-17H2,1H3,(H,28,29)(H2,24,26,27). The van der Waals surface area contributed by atoms with E-state index >= 15 is 0 Å². The summed E-state index contributed by atoms with van der Waals surface area (Å²) in [6.07, 6.45) is 7.36. The number of aromatic nitrogens is 1. The van der Waals surface area contributed by atoms with Crippen LogP contribution in [-0.2, 0) is 17.9 Å². The summed E-state index contributed by atoms with van der Waals surface area (Å²) in [6.45, 7) is 3.97. The van der Waals surface area contributed by atoms with Crippen LogP contribution in [0.4, 0.5) is 5.69 Å². The lowest BCUT2D eigenvalue weighted by molar-refractivity contribution is -0.120. The normalized spacial score (nSPS) is 15.0. The topological polar surface area (TPSA) is 78.4 Å². The van der Waals surface area contributed by atoms with E-state index in [9.17, 15) is 4.79 Å². The molecule has 1 heterocycles. The van der Waals surface area contributed by atoms with Gasteiger partial charge < -0.3 is 16.0 Å². The molecule has 1 aromatic carbocycles. The minimum atomic E-state index is 0.149. The van der Waals surface area contributed by atoms with Gasteiger partial charge in [0.05, 0.1) is 18.8 Å². The van der Waals surface area contributed by atoms with Crippen LogP contribution in [0, 0.1) is 5.92 Å². The third-order valence-electron chi connectivity index (χ3n) is 5.10. The Hall–Kier alpha value is -2.89. The SMILES string of the molecule is CCNC(=NCc1cccc(NC(=O)C2CCCCC2)c1)NCc1ccccn1. The van der Waals surface area contributed by atoms with E-state index in [1.54, 1.807) is 6.20 Å². The fraction of sp³-hybridized carbons (Fsp3) is 0.435. The molecule has 0 saturated heterocycles. The Morgan fingerprint density at radius 1 is 1.10 bits per heavy atom. The fourth-order valence-corrected chi connectivity index (χ4v) is 3.55. The zero-order valence-electron chi connectivity index (χ0n) is 17.2. The van der Waals surface area contributed by atoms with Crippen LogP contribution in [0.2, 0.25) is 0 Å². The number of nitrogens with one attached hydrogen (secondary N) is 3. The van der Waals surface area contributed by atoms with E-state index in [4.69, 9.17) is 0 Å². The molecule has 0 bridgehead atoms. The first-order valence-electron chi connectivity index (χ1n) is 10.6. The van der Waals surface area contributed by atoms with Gasteiger partial charge in [0.15, 0.2) is 5.96 Å². The first-order valence-corrected chi connectivity index (χ1v) is 10.6. The van der Waals surface area contributed by atoms with Crippen molar-refractivity contribution in [3.63, 3.8) is 0 Å². The third-order valence-corrected chi connectivity index (χ3v) is 5.10. The molecule has 0 unspecified atom stereocenters. The van der Waals surface area contributed by atoms with Crippen LogP contribution in [-0.4, -0.2) is 23.4 Å². The zero-order chi connectivity index (χ0) is 20.3. The van der Waals surface area contributed by atoms with Crippen LogP contribution in [0.15, 0.2) is 53.7 Å². The number of hydrogen-bond acceptors (Lipinski definition) is 3. The largest absolute Gasteiger partial charge is 0.357 e. The van der Waals surface area contributed by atoms with Crippen LogP contribution >= 0.6 is 0 Å². The van der Waals surface area contributed by atoms with Crippen molar-refractivity contribution in [2.75, 3.05) is 11.9 Å². The first-order chi connectivity index (χ1) is 14.2. The first kappa shape index (κ1) is 20.8. The van der Waals surface area contributed by atoms with Gasteiger partial charge in [-0.15, -0.1) is 0 Å². The van der Waals surface area contributed by atoms with Crippen LogP contribution in [0.5, 0.6) is 0 Å². The summed E-state index contributed by atoms with van der Waals surface area (Å²) in [4.78, 5) is 21.5. The summed E-state index contributed by atoms with van der Waals surface area (Å²) in [5.74, 6) is 1.05. The van der Waals surface area contributed by atoms with E-state index in [2.05, 4.69) is 25.9 Å². The number of guanidine groups is 1. The monoisotopic (exact) mass is 393 g/mol. The number of aliphatic imine (C=N–C) groups is 1. The van der Waals surface area contributed by atoms with Gasteiger partial charge in [-0.05, 0) is 49.6 Å². The molecule has 3 rings (SSSR count). The predicted octanol–water partition coefficient (Wildman–Crippen LogP) is 3.86. The van der Waals surface area contributed by atoms with Crippen LogP contribution in [0.1, 0.15) is 50.3 Å². The van der Waals surface area contributed by atoms with Gasteiger partial charge in [-0.25, -0.2) is 4.99 Å². The molecule has 0 spiro atoms. The zero-order valence-corrected chi connectivity index (χ0v) is 17.2. The molecule has 0 radical (unpaired) electrons. The Bertz CT molecular complexity index is 800. The van der Waals surface area contributed by atoms with Crippen molar-refractivity contribution in [3.8, 4) is 0 Å². The highest BCUT2D eigenvalue weighted by Crippen LogP contribution is 2.25. The van der Waals surface area contributed by atoms with Crippen LogP contribution in [0.3, 0.4) is 0 Å². The minimum Gasteiger partial charge on any atom is -0.357 e. The predicted molar refractivity (Wildman–Crippen MR) is 118 cm³/mol. The summed E-state index contributed by atoms with van der Waals surface area (Å²) in [5.41, 5.74) is 2.87. The molecule has 0 atom stereocenters. The van der Waals surface area contributed by atoms with Gasteiger partial charge in [-0.1, -0.05) is 37.5 Å². The summed E-state index contributed by atoms with van der Waals surface area (Å²) >= 11 is 0. The van der Waals surface area contributed by atoms with Crippen LogP contribution < -0.4 is 16.0 Å². The molecule has 1 saturated carbocycles. The third kappa shape index (κ3) is 6.89. The van der Waals surface area contributed by atoms with Gasteiger partial charge in [0.25, 0.3) is 0 Å². The Kier molecular flexibility index (Phi) is 8.04. The molecule has 1 aliphatic rings. The fourth-order valence-electron chi connectivity index (χ4n) is 3.55. The highest BCUT2D eigenvalue weighted by atomic mass is 16.1. The number of rotatable bonds is 7. The second kappa shape index (κ2) is 11.2. The second-order valence-corrected chi connectivity index (χ2v) is 7.39. The Labute approximate surface area is 173 Å². The maximum absolute atomic E-state index is 12.5. The Morgan fingerprint density at radius 2 is 1.97 bits per heavy atom. The number of amides is 1. The van der Waals surface area contributed by atoms with E-state index in [1.165, 1.54) is 6.42 Å². The van der Waals surface area contributed by atoms with Crippen molar-refractivity contribution in [1.29, 1.82) is 0 Å². The Balaban J connectivity index is 1.57. The Morgan fingerprint density at radius 3 is 2.72 bits per heavy atom. The summed E-state index contributed by atoms with van der Waals surface area (Å²) in [5, 5.41) is 9.64. The maximum Gasteiger partial charge on any atom is 0.227 e. The number of pyridine rings is 1. The molecule has 1 fully saturated rings. The lowest BCUT2D eigenvalue weighted by Crippen LogP contribution is -2.37. The molecule has 1 aromatic heterocycles. The van der Waals surface area contributed by atoms with Gasteiger partial charge in [0, 0.05) is 24.3 Å². The average Bonchev–Trinajstić information content (AvgIpc) is 2.77. The quantitative estimate of drug-likeness (QED) is 0.493. The van der Waals surface area contributed by atoms with Crippen molar-refractivity contribution in [2.45, 2.75) is 52.1 Å². The van der Waals surface area contributed by atoms with Crippen LogP contribution in [0.25, 0.3) is 0 Å². The van der Waals surface area contributed by atoms with E-state index < -0.39 is 0 Å². The molecule has 0 aliphatic heterocycles. The van der Waals surface area contributed by atoms with Crippen molar-refractivity contribution >= 4 is 17.6 Å². The van der Waals surface area contributed by atoms with Crippen molar-refractivity contribution < 1.29 is 4.79 Å². The smallest absolute Gasteiger partial charge is 0.227 e. The second-order valence-electron chi connectivity index (χ2n) is 7.39. The molecule has 6 heteroatoms. The lowest BCUT2D eigenvalue weighted by atomic mass is 9.88. The molecule has 6 nitrogen and oxygen atoms in total. The minimum absolute atomic E-state index is 0.149. The molecule has 1 aliphatic carbocycles. The molecule has 2 aromatic rings. The molecule has 29 heavy (non-hydrogen) atoms. The van der Waals surface area contributed by atoms with Crippen molar-refractivity contribution in [2.24, 2.45) is 10.9 Å². The molecule has 3 N–H and O–H groups in total. The van der Waals surface area contributed by atoms with E-state index in [0.717, 1.165) is 55.1 Å². The number of hydrogen-bond donors (Lipinski definition) is 3. The van der Waals surface area contributed by atoms with Gasteiger partial charge in [0.2, 0.25) is 5.91 Å². The summed E-state index contributed by atoms with van der Waals surface area (Å²) < 4.78 is 0. The van der Waals surface area contributed by atoms with Gasteiger partial charge in [-0.2, -0.15) is 0 Å². The summed E-state index contributed by atoms with van der Waals surface area (Å²) in [7, 11) is 0. The number of nitrogens with zero attached hydrogens (tertiary/aromatic N) is 2. The number of benzene rings is 1.